The van der Waals surface area contributed by atoms with Crippen LogP contribution in [-0.2, 0) is 31.9 Å². The van der Waals surface area contributed by atoms with Gasteiger partial charge in [0, 0.05) is 13.1 Å². The first-order chi connectivity index (χ1) is 35.6. The molecular formula is C58H70N8O7. The predicted molar refractivity (Wildman–Crippen MR) is 278 cm³/mol. The molecule has 11 rings (SSSR count). The predicted octanol–water partition coefficient (Wildman–Crippen LogP) is 10.2. The maximum Gasteiger partial charge on any atom is 0.407 e. The Kier molecular flexibility index (Phi) is 13.9. The summed E-state index contributed by atoms with van der Waals surface area (Å²) >= 11 is 0. The lowest BCUT2D eigenvalue weighted by Gasteiger charge is -2.34. The molecule has 1 spiro atoms. The maximum absolute atomic E-state index is 14.3. The van der Waals surface area contributed by atoms with Crippen molar-refractivity contribution in [2.24, 2.45) is 17.3 Å². The largest absolute Gasteiger partial charge is 0.453 e. The molecule has 15 nitrogen and oxygen atoms in total. The summed E-state index contributed by atoms with van der Waals surface area (Å²) in [5, 5.41) is 6.27. The summed E-state index contributed by atoms with van der Waals surface area (Å²) in [5.74, 6) is 1.16. The lowest BCUT2D eigenvalue weighted by atomic mass is 9.82. The number of rotatable bonds is 11. The van der Waals surface area contributed by atoms with Crippen LogP contribution < -0.4 is 16.2 Å². The molecular weight excluding hydrogens is 921 g/mol. The first-order valence-electron chi connectivity index (χ1n) is 27.2. The Morgan fingerprint density at radius 3 is 1.70 bits per heavy atom. The molecule has 4 atom stereocenters. The molecule has 4 heterocycles. The quantitative estimate of drug-likeness (QED) is 0.0997. The number of benzene rings is 3. The van der Waals surface area contributed by atoms with Gasteiger partial charge in [0.1, 0.15) is 23.7 Å². The van der Waals surface area contributed by atoms with Gasteiger partial charge in [0.2, 0.25) is 11.8 Å². The van der Waals surface area contributed by atoms with E-state index < -0.39 is 30.3 Å². The van der Waals surface area contributed by atoms with Gasteiger partial charge in [-0.3, -0.25) is 14.4 Å². The topological polar surface area (TPSA) is 192 Å². The fraction of sp³-hybridized carbons (Fsp3) is 0.534. The number of nitrogens with zero attached hydrogens (tertiary/aromatic N) is 4. The molecule has 6 aliphatic rings. The van der Waals surface area contributed by atoms with Crippen molar-refractivity contribution in [2.75, 3.05) is 27.3 Å². The van der Waals surface area contributed by atoms with E-state index in [1.54, 1.807) is 4.90 Å². The molecule has 0 unspecified atom stereocenters. The van der Waals surface area contributed by atoms with Crippen molar-refractivity contribution < 1.29 is 28.7 Å². The number of carbonyl (C=O) groups is 4. The number of ether oxygens (including phenoxy) is 2. The number of H-pyrrole nitrogens is 2. The van der Waals surface area contributed by atoms with Gasteiger partial charge in [0.05, 0.1) is 49.1 Å². The van der Waals surface area contributed by atoms with E-state index in [2.05, 4.69) is 63.1 Å². The highest BCUT2D eigenvalue weighted by molar-refractivity contribution is 5.89. The van der Waals surface area contributed by atoms with Crippen LogP contribution in [0.25, 0.3) is 44.4 Å². The number of methoxy groups -OCH3 is 2. The van der Waals surface area contributed by atoms with Gasteiger partial charge >= 0.3 is 12.2 Å². The van der Waals surface area contributed by atoms with Gasteiger partial charge in [0.25, 0.3) is 5.56 Å². The van der Waals surface area contributed by atoms with Crippen molar-refractivity contribution in [3.63, 3.8) is 0 Å². The number of aromatic nitrogens is 4. The van der Waals surface area contributed by atoms with E-state index in [0.717, 1.165) is 130 Å². The average molecular weight is 991 g/mol. The fourth-order valence-corrected chi connectivity index (χ4v) is 13.9. The second kappa shape index (κ2) is 20.8. The zero-order chi connectivity index (χ0) is 50.2. The molecule has 4 aliphatic carbocycles. The number of hydrogen-bond acceptors (Lipinski definition) is 9. The fourth-order valence-electron chi connectivity index (χ4n) is 13.9. The van der Waals surface area contributed by atoms with E-state index >= 15 is 0 Å². The molecule has 73 heavy (non-hydrogen) atoms. The summed E-state index contributed by atoms with van der Waals surface area (Å²) in [6.45, 7) is 1.14. The molecule has 5 fully saturated rings. The Bertz CT molecular complexity index is 2930. The van der Waals surface area contributed by atoms with Crippen molar-refractivity contribution in [1.82, 2.24) is 40.4 Å². The molecule has 2 saturated heterocycles. The van der Waals surface area contributed by atoms with E-state index in [1.807, 2.05) is 23.2 Å². The zero-order valence-electron chi connectivity index (χ0n) is 42.4. The van der Waals surface area contributed by atoms with Gasteiger partial charge in [-0.05, 0) is 145 Å². The summed E-state index contributed by atoms with van der Waals surface area (Å²) in [7, 11) is 2.66. The second-order valence-corrected chi connectivity index (χ2v) is 22.0. The monoisotopic (exact) mass is 991 g/mol. The SMILES string of the molecule is COC(=O)N[C@H](C(=O)N1CCC[C@H]1c1nc2ccc(-c3ccc(-c4ccc(-c5cnc([C@@H]6CCCN6C(=O)[C@H](NC(=O)OC)C6CCCCC6)[nH]5)cc4)c4c3CC3(CCCC3)C4)cc2c(=O)[nH]1)C1CCCCC1. The minimum absolute atomic E-state index is 0.0330. The Morgan fingerprint density at radius 1 is 0.616 bits per heavy atom. The third-order valence-electron chi connectivity index (χ3n) is 17.7. The van der Waals surface area contributed by atoms with Crippen molar-refractivity contribution >= 4 is 34.9 Å². The van der Waals surface area contributed by atoms with Gasteiger partial charge in [-0.15, -0.1) is 0 Å². The standard InChI is InChI=1S/C58H70N8O7/c1-72-56(70)62-49(37-13-5-3-6-14-37)54(68)65-29-11-17-47(65)51-59-34-46(61-51)36-21-19-35(20-22-36)40-24-25-41(44-33-58(32-43(40)44)27-9-10-28-58)39-23-26-45-42(31-39)53(67)64-52(60-45)48-18-12-30-66(48)55(69)50(63-57(71)73-2)38-15-7-4-8-16-38/h19-26,31,34,37-38,47-50H,3-18,27-30,32-33H2,1-2H3,(H,59,61)(H,62,70)(H,63,71)(H,60,64,67)/t47-,48-,49+,50-/m0/s1. The third-order valence-corrected chi connectivity index (χ3v) is 17.7. The van der Waals surface area contributed by atoms with Crippen LogP contribution >= 0.6 is 0 Å². The van der Waals surface area contributed by atoms with E-state index in [9.17, 15) is 24.0 Å². The summed E-state index contributed by atoms with van der Waals surface area (Å²) in [6, 6.07) is 17.3. The van der Waals surface area contributed by atoms with Crippen LogP contribution in [0.2, 0.25) is 0 Å². The zero-order valence-corrected chi connectivity index (χ0v) is 42.4. The van der Waals surface area contributed by atoms with Crippen LogP contribution in [0.5, 0.6) is 0 Å². The molecule has 3 saturated carbocycles. The first kappa shape index (κ1) is 48.7. The van der Waals surface area contributed by atoms with Crippen LogP contribution in [0.4, 0.5) is 9.59 Å². The van der Waals surface area contributed by atoms with Crippen LogP contribution in [0.1, 0.15) is 150 Å². The number of alkyl carbamates (subject to hydrolysis) is 2. The average Bonchev–Trinajstić information content (AvgIpc) is 4.31. The van der Waals surface area contributed by atoms with Gasteiger partial charge < -0.3 is 39.9 Å². The van der Waals surface area contributed by atoms with E-state index in [1.165, 1.54) is 56.6 Å². The van der Waals surface area contributed by atoms with Crippen molar-refractivity contribution in [3.05, 3.63) is 93.9 Å². The first-order valence-corrected chi connectivity index (χ1v) is 27.2. The molecule has 15 heteroatoms. The maximum atomic E-state index is 14.3. The van der Waals surface area contributed by atoms with Crippen molar-refractivity contribution in [3.8, 4) is 33.5 Å². The molecule has 2 aliphatic heterocycles. The van der Waals surface area contributed by atoms with Gasteiger partial charge in [-0.2, -0.15) is 0 Å². The third kappa shape index (κ3) is 9.64. The second-order valence-electron chi connectivity index (χ2n) is 22.0. The Balaban J connectivity index is 0.837. The molecule has 4 N–H and O–H groups in total. The summed E-state index contributed by atoms with van der Waals surface area (Å²) in [6.07, 6.45) is 20.7. The lowest BCUT2D eigenvalue weighted by molar-refractivity contribution is -0.137. The smallest absolute Gasteiger partial charge is 0.407 e. The van der Waals surface area contributed by atoms with Crippen LogP contribution in [0.3, 0.4) is 0 Å². The highest BCUT2D eigenvalue weighted by atomic mass is 16.5. The molecule has 0 radical (unpaired) electrons. The van der Waals surface area contributed by atoms with Gasteiger partial charge in [-0.25, -0.2) is 19.6 Å². The van der Waals surface area contributed by atoms with E-state index in [0.29, 0.717) is 36.2 Å². The molecule has 3 aromatic carbocycles. The van der Waals surface area contributed by atoms with Gasteiger partial charge in [-0.1, -0.05) is 93.8 Å². The number of amides is 4. The summed E-state index contributed by atoms with van der Waals surface area (Å²) < 4.78 is 9.88. The van der Waals surface area contributed by atoms with Crippen LogP contribution in [0.15, 0.2) is 65.6 Å². The Hall–Kier alpha value is -6.51. The molecule has 2 aromatic heterocycles. The highest BCUT2D eigenvalue weighted by Crippen LogP contribution is 2.53. The number of aromatic amines is 2. The normalized spacial score (nSPS) is 21.8. The Morgan fingerprint density at radius 2 is 1.14 bits per heavy atom. The van der Waals surface area contributed by atoms with Gasteiger partial charge in [0.15, 0.2) is 0 Å². The van der Waals surface area contributed by atoms with Crippen LogP contribution in [0, 0.1) is 17.3 Å². The molecule has 4 amide bonds. The molecule has 384 valence electrons. The Labute approximate surface area is 427 Å². The number of imidazole rings is 1. The summed E-state index contributed by atoms with van der Waals surface area (Å²) in [4.78, 5) is 87.7. The number of carbonyl (C=O) groups excluding carboxylic acids is 4. The van der Waals surface area contributed by atoms with Crippen molar-refractivity contribution in [1.29, 1.82) is 0 Å². The minimum atomic E-state index is -0.686. The van der Waals surface area contributed by atoms with E-state index in [-0.39, 0.29) is 40.7 Å². The number of hydrogen-bond donors (Lipinski definition) is 4. The minimum Gasteiger partial charge on any atom is -0.453 e. The number of fused-ring (bicyclic) bond motifs is 2. The lowest BCUT2D eigenvalue weighted by Crippen LogP contribution is -2.52. The van der Waals surface area contributed by atoms with E-state index in [4.69, 9.17) is 19.4 Å². The number of nitrogens with one attached hydrogen (secondary N) is 4. The highest BCUT2D eigenvalue weighted by Gasteiger charge is 2.44. The molecule has 0 bridgehead atoms. The molecule has 5 aromatic rings. The van der Waals surface area contributed by atoms with Crippen molar-refractivity contribution in [2.45, 2.75) is 153 Å². The summed E-state index contributed by atoms with van der Waals surface area (Å²) in [5.41, 5.74) is 9.77. The van der Waals surface area contributed by atoms with Crippen LogP contribution in [-0.4, -0.2) is 93.1 Å². The number of likely N-dealkylation sites (tertiary alicyclic amines) is 2.